The Bertz CT molecular complexity index is 604. The Morgan fingerprint density at radius 2 is 2.17 bits per heavy atom. The Hall–Kier alpha value is -1.70. The van der Waals surface area contributed by atoms with Crippen LogP contribution >= 0.6 is 22.6 Å². The highest BCUT2D eigenvalue weighted by Crippen LogP contribution is 2.16. The molecular formula is C12H9FIN3O. The molecule has 1 heterocycles. The number of pyridine rings is 1. The molecule has 3 N–H and O–H groups in total. The number of hydrogen-bond donors (Lipinski definition) is 2. The number of rotatable bonds is 2. The molecule has 2 aromatic rings. The Kier molecular flexibility index (Phi) is 3.75. The number of halogens is 2. The number of aromatic nitrogens is 1. The summed E-state index contributed by atoms with van der Waals surface area (Å²) in [4.78, 5) is 15.5. The summed E-state index contributed by atoms with van der Waals surface area (Å²) in [5.41, 5.74) is 6.18. The zero-order valence-corrected chi connectivity index (χ0v) is 11.3. The van der Waals surface area contributed by atoms with E-state index in [1.165, 1.54) is 0 Å². The maximum absolute atomic E-state index is 13.0. The monoisotopic (exact) mass is 357 g/mol. The highest BCUT2D eigenvalue weighted by molar-refractivity contribution is 14.1. The summed E-state index contributed by atoms with van der Waals surface area (Å²) in [7, 11) is 0. The molecule has 1 amide bonds. The fraction of sp³-hybridized carbons (Fsp3) is 0. The number of carbonyl (C=O) groups is 1. The molecule has 0 bridgehead atoms. The number of nitrogen functional groups attached to an aromatic ring is 1. The summed E-state index contributed by atoms with van der Waals surface area (Å²) in [5, 5.41) is 2.64. The standard InChI is InChI=1S/C12H9FIN3O/c13-7-4-10(11(15)16-6-7)12(18)17-9-3-1-2-8(14)5-9/h1-6H,(H2,15,16)(H,17,18). The first-order chi connectivity index (χ1) is 8.56. The fourth-order valence-electron chi connectivity index (χ4n) is 1.40. The first-order valence-electron chi connectivity index (χ1n) is 5.04. The molecule has 0 aliphatic carbocycles. The number of nitrogens with two attached hydrogens (primary N) is 1. The summed E-state index contributed by atoms with van der Waals surface area (Å²) in [6, 6.07) is 8.30. The van der Waals surface area contributed by atoms with Crippen molar-refractivity contribution in [3.8, 4) is 0 Å². The van der Waals surface area contributed by atoms with E-state index in [-0.39, 0.29) is 11.4 Å². The van der Waals surface area contributed by atoms with Gasteiger partial charge in [0.1, 0.15) is 11.6 Å². The van der Waals surface area contributed by atoms with Crippen molar-refractivity contribution in [1.82, 2.24) is 4.98 Å². The van der Waals surface area contributed by atoms with Gasteiger partial charge in [-0.3, -0.25) is 4.79 Å². The first-order valence-corrected chi connectivity index (χ1v) is 6.12. The van der Waals surface area contributed by atoms with Crippen LogP contribution in [0.25, 0.3) is 0 Å². The van der Waals surface area contributed by atoms with Crippen LogP contribution in [-0.2, 0) is 0 Å². The van der Waals surface area contributed by atoms with E-state index >= 15 is 0 Å². The Morgan fingerprint density at radius 3 is 2.89 bits per heavy atom. The second-order valence-corrected chi connectivity index (χ2v) is 4.80. The summed E-state index contributed by atoms with van der Waals surface area (Å²) in [6.07, 6.45) is 0.970. The number of hydrogen-bond acceptors (Lipinski definition) is 3. The summed E-state index contributed by atoms with van der Waals surface area (Å²) in [5.74, 6) is -1.09. The third-order valence-corrected chi connectivity index (χ3v) is 2.88. The van der Waals surface area contributed by atoms with E-state index in [2.05, 4.69) is 32.9 Å². The molecular weight excluding hydrogens is 348 g/mol. The maximum atomic E-state index is 13.0. The van der Waals surface area contributed by atoms with E-state index in [4.69, 9.17) is 5.73 Å². The molecule has 4 nitrogen and oxygen atoms in total. The molecule has 92 valence electrons. The molecule has 0 saturated carbocycles. The van der Waals surface area contributed by atoms with Crippen LogP contribution in [0.4, 0.5) is 15.9 Å². The minimum Gasteiger partial charge on any atom is -0.383 e. The molecule has 0 aliphatic rings. The number of anilines is 2. The summed E-state index contributed by atoms with van der Waals surface area (Å²) >= 11 is 2.13. The summed E-state index contributed by atoms with van der Waals surface area (Å²) < 4.78 is 14.0. The third kappa shape index (κ3) is 2.95. The number of benzene rings is 1. The Labute approximate surface area is 117 Å². The van der Waals surface area contributed by atoms with E-state index in [1.54, 1.807) is 12.1 Å². The highest BCUT2D eigenvalue weighted by atomic mass is 127. The normalized spacial score (nSPS) is 10.1. The van der Waals surface area contributed by atoms with Gasteiger partial charge in [0.2, 0.25) is 0 Å². The van der Waals surface area contributed by atoms with Crippen molar-refractivity contribution in [1.29, 1.82) is 0 Å². The van der Waals surface area contributed by atoms with Gasteiger partial charge in [-0.05, 0) is 46.9 Å². The van der Waals surface area contributed by atoms with Gasteiger partial charge in [-0.25, -0.2) is 9.37 Å². The van der Waals surface area contributed by atoms with Crippen molar-refractivity contribution in [3.05, 3.63) is 51.5 Å². The first kappa shape index (κ1) is 12.7. The Balaban J connectivity index is 2.24. The number of carbonyl (C=O) groups excluding carboxylic acids is 1. The number of nitrogens with zero attached hydrogens (tertiary/aromatic N) is 1. The van der Waals surface area contributed by atoms with Crippen molar-refractivity contribution in [2.75, 3.05) is 11.1 Å². The Morgan fingerprint density at radius 1 is 1.39 bits per heavy atom. The topological polar surface area (TPSA) is 68.0 Å². The van der Waals surface area contributed by atoms with Gasteiger partial charge in [-0.2, -0.15) is 0 Å². The van der Waals surface area contributed by atoms with E-state index < -0.39 is 11.7 Å². The minimum atomic E-state index is -0.600. The molecule has 6 heteroatoms. The molecule has 2 rings (SSSR count). The predicted molar refractivity (Wildman–Crippen MR) is 75.7 cm³/mol. The van der Waals surface area contributed by atoms with Crippen LogP contribution in [0, 0.1) is 9.39 Å². The quantitative estimate of drug-likeness (QED) is 0.813. The van der Waals surface area contributed by atoms with Gasteiger partial charge >= 0.3 is 0 Å². The van der Waals surface area contributed by atoms with Crippen molar-refractivity contribution < 1.29 is 9.18 Å². The molecule has 1 aromatic heterocycles. The fourth-order valence-corrected chi connectivity index (χ4v) is 1.94. The molecule has 0 unspecified atom stereocenters. The molecule has 0 fully saturated rings. The van der Waals surface area contributed by atoms with Gasteiger partial charge in [0.05, 0.1) is 11.8 Å². The second kappa shape index (κ2) is 5.30. The van der Waals surface area contributed by atoms with E-state index in [9.17, 15) is 9.18 Å². The van der Waals surface area contributed by atoms with Crippen molar-refractivity contribution in [2.24, 2.45) is 0 Å². The van der Waals surface area contributed by atoms with Gasteiger partial charge in [0.25, 0.3) is 5.91 Å². The smallest absolute Gasteiger partial charge is 0.259 e. The lowest BCUT2D eigenvalue weighted by atomic mass is 10.2. The van der Waals surface area contributed by atoms with Crippen LogP contribution in [0.5, 0.6) is 0 Å². The zero-order chi connectivity index (χ0) is 13.1. The lowest BCUT2D eigenvalue weighted by Gasteiger charge is -2.07. The number of amides is 1. The van der Waals surface area contributed by atoms with Crippen LogP contribution in [-0.4, -0.2) is 10.9 Å². The van der Waals surface area contributed by atoms with Gasteiger partial charge in [-0.15, -0.1) is 0 Å². The zero-order valence-electron chi connectivity index (χ0n) is 9.15. The van der Waals surface area contributed by atoms with Crippen LogP contribution in [0.1, 0.15) is 10.4 Å². The molecule has 0 spiro atoms. The summed E-state index contributed by atoms with van der Waals surface area (Å²) in [6.45, 7) is 0. The van der Waals surface area contributed by atoms with Crippen molar-refractivity contribution in [3.63, 3.8) is 0 Å². The minimum absolute atomic E-state index is 0.000437. The largest absolute Gasteiger partial charge is 0.383 e. The number of nitrogens with one attached hydrogen (secondary N) is 1. The van der Waals surface area contributed by atoms with Gasteiger partial charge in [0.15, 0.2) is 0 Å². The van der Waals surface area contributed by atoms with E-state index in [1.807, 2.05) is 12.1 Å². The highest BCUT2D eigenvalue weighted by Gasteiger charge is 2.12. The van der Waals surface area contributed by atoms with Gasteiger partial charge < -0.3 is 11.1 Å². The van der Waals surface area contributed by atoms with Crippen LogP contribution in [0.15, 0.2) is 36.5 Å². The molecule has 0 saturated heterocycles. The van der Waals surface area contributed by atoms with Crippen molar-refractivity contribution in [2.45, 2.75) is 0 Å². The molecule has 0 aliphatic heterocycles. The SMILES string of the molecule is Nc1ncc(F)cc1C(=O)Nc1cccc(I)c1. The van der Waals surface area contributed by atoms with Crippen LogP contribution < -0.4 is 11.1 Å². The molecule has 1 aromatic carbocycles. The molecule has 0 radical (unpaired) electrons. The molecule has 0 atom stereocenters. The second-order valence-electron chi connectivity index (χ2n) is 3.55. The van der Waals surface area contributed by atoms with Crippen LogP contribution in [0.3, 0.4) is 0 Å². The lowest BCUT2D eigenvalue weighted by molar-refractivity contribution is 0.102. The van der Waals surface area contributed by atoms with E-state index in [0.717, 1.165) is 15.8 Å². The maximum Gasteiger partial charge on any atom is 0.259 e. The van der Waals surface area contributed by atoms with Gasteiger partial charge in [0, 0.05) is 9.26 Å². The molecule has 18 heavy (non-hydrogen) atoms. The predicted octanol–water partition coefficient (Wildman–Crippen LogP) is 2.66. The average Bonchev–Trinajstić information content (AvgIpc) is 2.32. The average molecular weight is 357 g/mol. The third-order valence-electron chi connectivity index (χ3n) is 2.21. The van der Waals surface area contributed by atoms with Gasteiger partial charge in [-0.1, -0.05) is 6.07 Å². The van der Waals surface area contributed by atoms with E-state index in [0.29, 0.717) is 5.69 Å². The van der Waals surface area contributed by atoms with Crippen molar-refractivity contribution >= 4 is 40.0 Å². The van der Waals surface area contributed by atoms with Crippen LogP contribution in [0.2, 0.25) is 0 Å². The lowest BCUT2D eigenvalue weighted by Crippen LogP contribution is -2.15.